The van der Waals surface area contributed by atoms with Gasteiger partial charge in [0, 0.05) is 51.0 Å². The van der Waals surface area contributed by atoms with Gasteiger partial charge in [0.15, 0.2) is 0 Å². The highest BCUT2D eigenvalue weighted by Crippen LogP contribution is 2.37. The Balaban J connectivity index is 1.10. The molecule has 0 spiro atoms. The third-order valence-corrected chi connectivity index (χ3v) is 11.7. The average molecular weight is 637 g/mol. The van der Waals surface area contributed by atoms with Crippen LogP contribution in [0.1, 0.15) is 48.1 Å². The lowest BCUT2D eigenvalue weighted by Gasteiger charge is -2.46. The van der Waals surface area contributed by atoms with Crippen molar-refractivity contribution in [2.75, 3.05) is 60.5 Å². The monoisotopic (exact) mass is 636 g/mol. The lowest BCUT2D eigenvalue weighted by atomic mass is 9.80. The molecule has 1 aromatic heterocycles. The van der Waals surface area contributed by atoms with Crippen LogP contribution in [0.5, 0.6) is 11.8 Å². The Hall–Kier alpha value is -3.09. The molecule has 10 nitrogen and oxygen atoms in total. The van der Waals surface area contributed by atoms with Gasteiger partial charge in [-0.05, 0) is 88.5 Å². The Morgan fingerprint density at radius 1 is 1.04 bits per heavy atom. The minimum Gasteiger partial charge on any atom is -0.497 e. The summed E-state index contributed by atoms with van der Waals surface area (Å²) in [5, 5.41) is 3.52. The number of rotatable bonds is 13. The highest BCUT2D eigenvalue weighted by molar-refractivity contribution is 7.89. The Labute approximate surface area is 268 Å². The van der Waals surface area contributed by atoms with Gasteiger partial charge in [0.05, 0.1) is 23.7 Å². The second kappa shape index (κ2) is 14.6. The van der Waals surface area contributed by atoms with E-state index < -0.39 is 10.0 Å². The lowest BCUT2D eigenvalue weighted by Crippen LogP contribution is -2.51. The Bertz CT molecular complexity index is 1500. The van der Waals surface area contributed by atoms with Crippen molar-refractivity contribution in [2.24, 2.45) is 0 Å². The molecule has 5 rings (SSSR count). The molecule has 1 N–H and O–H groups in total. The van der Waals surface area contributed by atoms with Crippen LogP contribution in [-0.2, 0) is 22.1 Å². The summed E-state index contributed by atoms with van der Waals surface area (Å²) in [5.41, 5.74) is 3.69. The van der Waals surface area contributed by atoms with Gasteiger partial charge in [0.25, 0.3) is 0 Å². The molecule has 0 saturated carbocycles. The minimum atomic E-state index is -3.70. The third-order valence-electron chi connectivity index (χ3n) is 9.42. The maximum absolute atomic E-state index is 13.7. The van der Waals surface area contributed by atoms with Gasteiger partial charge in [-0.3, -0.25) is 4.90 Å². The van der Waals surface area contributed by atoms with Crippen LogP contribution in [0, 0.1) is 13.8 Å². The van der Waals surface area contributed by atoms with E-state index in [1.807, 2.05) is 19.9 Å². The number of hydrogen-bond acceptors (Lipinski definition) is 9. The number of likely N-dealkylation sites (tertiary alicyclic amines) is 1. The number of hydrogen-bond donors (Lipinski definition) is 1. The first-order chi connectivity index (χ1) is 21.6. The average Bonchev–Trinajstić information content (AvgIpc) is 3.52. The van der Waals surface area contributed by atoms with Crippen LogP contribution in [0.15, 0.2) is 59.6 Å². The third kappa shape index (κ3) is 7.49. The summed E-state index contributed by atoms with van der Waals surface area (Å²) in [5.74, 6) is 0.651. The zero-order chi connectivity index (χ0) is 32.0. The van der Waals surface area contributed by atoms with Gasteiger partial charge < -0.3 is 19.7 Å². The first-order valence-electron chi connectivity index (χ1n) is 15.9. The van der Waals surface area contributed by atoms with Crippen LogP contribution >= 0.6 is 0 Å². The number of benzene rings is 2. The Morgan fingerprint density at radius 2 is 1.76 bits per heavy atom. The van der Waals surface area contributed by atoms with Crippen LogP contribution in [0.3, 0.4) is 0 Å². The molecule has 2 aliphatic rings. The predicted molar refractivity (Wildman–Crippen MR) is 176 cm³/mol. The first-order valence-corrected chi connectivity index (χ1v) is 17.4. The van der Waals surface area contributed by atoms with Gasteiger partial charge in [-0.25, -0.2) is 13.4 Å². The maximum Gasteiger partial charge on any atom is 0.316 e. The van der Waals surface area contributed by atoms with Crippen molar-refractivity contribution < 1.29 is 17.9 Å². The van der Waals surface area contributed by atoms with Gasteiger partial charge >= 0.3 is 6.01 Å². The lowest BCUT2D eigenvalue weighted by molar-refractivity contribution is 0.0543. The van der Waals surface area contributed by atoms with E-state index in [-0.39, 0.29) is 24.2 Å². The molecule has 0 unspecified atom stereocenters. The molecule has 45 heavy (non-hydrogen) atoms. The van der Waals surface area contributed by atoms with Crippen molar-refractivity contribution >= 4 is 10.0 Å². The molecule has 2 saturated heterocycles. The van der Waals surface area contributed by atoms with E-state index in [1.54, 1.807) is 29.7 Å². The van der Waals surface area contributed by atoms with Crippen molar-refractivity contribution in [1.29, 1.82) is 0 Å². The van der Waals surface area contributed by atoms with Crippen molar-refractivity contribution in [2.45, 2.75) is 62.6 Å². The van der Waals surface area contributed by atoms with E-state index in [0.29, 0.717) is 34.9 Å². The minimum absolute atomic E-state index is 0.0931. The van der Waals surface area contributed by atoms with Crippen LogP contribution in [0.25, 0.3) is 0 Å². The molecule has 0 radical (unpaired) electrons. The summed E-state index contributed by atoms with van der Waals surface area (Å²) in [6, 6.07) is 16.3. The van der Waals surface area contributed by atoms with Crippen molar-refractivity contribution in [3.05, 3.63) is 77.1 Å². The SMILES string of the molecule is COc1cc(C)c(S(=O)(=O)N2CCC[C@H]2COc2nccc(CNCCN3CCC(c4ccccc4)(N(C)C)CC3)n2)c(C)c1. The van der Waals surface area contributed by atoms with Gasteiger partial charge in [-0.1, -0.05) is 30.3 Å². The fourth-order valence-corrected chi connectivity index (χ4v) is 9.00. The summed E-state index contributed by atoms with van der Waals surface area (Å²) in [6.45, 7) is 8.86. The summed E-state index contributed by atoms with van der Waals surface area (Å²) in [4.78, 5) is 14.1. The number of ether oxygens (including phenoxy) is 2. The van der Waals surface area contributed by atoms with Crippen LogP contribution in [0.4, 0.5) is 0 Å². The molecule has 2 fully saturated rings. The van der Waals surface area contributed by atoms with Crippen molar-refractivity contribution in [1.82, 2.24) is 29.4 Å². The first kappa shape index (κ1) is 33.3. The molecular formula is C34H48N6O4S. The second-order valence-electron chi connectivity index (χ2n) is 12.5. The molecule has 0 bridgehead atoms. The largest absolute Gasteiger partial charge is 0.497 e. The molecular weight excluding hydrogens is 588 g/mol. The zero-order valence-corrected chi connectivity index (χ0v) is 28.1. The number of nitrogens with zero attached hydrogens (tertiary/aromatic N) is 5. The summed E-state index contributed by atoms with van der Waals surface area (Å²) < 4.78 is 40.3. The Morgan fingerprint density at radius 3 is 2.42 bits per heavy atom. The number of aryl methyl sites for hydroxylation is 2. The molecule has 0 amide bonds. The molecule has 2 aromatic carbocycles. The van der Waals surface area contributed by atoms with E-state index in [0.717, 1.165) is 57.6 Å². The molecule has 0 aliphatic carbocycles. The molecule has 2 aliphatic heterocycles. The van der Waals surface area contributed by atoms with Gasteiger partial charge in [-0.2, -0.15) is 9.29 Å². The van der Waals surface area contributed by atoms with E-state index >= 15 is 0 Å². The molecule has 244 valence electrons. The highest BCUT2D eigenvalue weighted by Gasteiger charge is 2.39. The van der Waals surface area contributed by atoms with E-state index in [4.69, 9.17) is 9.47 Å². The molecule has 1 atom stereocenters. The van der Waals surface area contributed by atoms with Crippen LogP contribution in [-0.4, -0.2) is 99.1 Å². The number of sulfonamides is 1. The smallest absolute Gasteiger partial charge is 0.316 e. The van der Waals surface area contributed by atoms with Gasteiger partial charge in [0.2, 0.25) is 10.0 Å². The highest BCUT2D eigenvalue weighted by atomic mass is 32.2. The van der Waals surface area contributed by atoms with Crippen molar-refractivity contribution in [3.8, 4) is 11.8 Å². The zero-order valence-electron chi connectivity index (χ0n) is 27.3. The number of piperidine rings is 1. The molecule has 3 aromatic rings. The molecule has 11 heteroatoms. The van der Waals surface area contributed by atoms with E-state index in [1.165, 1.54) is 5.56 Å². The summed E-state index contributed by atoms with van der Waals surface area (Å²) >= 11 is 0. The summed E-state index contributed by atoms with van der Waals surface area (Å²) in [6.07, 6.45) is 5.42. The van der Waals surface area contributed by atoms with Crippen LogP contribution in [0.2, 0.25) is 0 Å². The number of aromatic nitrogens is 2. The van der Waals surface area contributed by atoms with E-state index in [9.17, 15) is 8.42 Å². The van der Waals surface area contributed by atoms with E-state index in [2.05, 4.69) is 69.5 Å². The fraction of sp³-hybridized carbons (Fsp3) is 0.529. The van der Waals surface area contributed by atoms with Gasteiger partial charge in [0.1, 0.15) is 12.4 Å². The Kier molecular flexibility index (Phi) is 10.8. The predicted octanol–water partition coefficient (Wildman–Crippen LogP) is 3.98. The van der Waals surface area contributed by atoms with Crippen LogP contribution < -0.4 is 14.8 Å². The fourth-order valence-electron chi connectivity index (χ4n) is 6.90. The summed E-state index contributed by atoms with van der Waals surface area (Å²) in [7, 11) is 2.28. The number of nitrogens with one attached hydrogen (secondary N) is 1. The normalized spacial score (nSPS) is 19.2. The second-order valence-corrected chi connectivity index (χ2v) is 14.3. The molecule has 3 heterocycles. The standard InChI is InChI=1S/C34H48N6O4S/c1-26-22-31(43-5)23-27(2)32(26)45(41,42)40-18-9-12-30(40)25-44-33-36-16-13-29(37-33)24-35-17-21-39-19-14-34(15-20-39,38(3)4)28-10-7-6-8-11-28/h6-8,10-11,13,16,22-23,30,35H,9,12,14-15,17-21,24-25H2,1-5H3/t30-/m0/s1. The quantitative estimate of drug-likeness (QED) is 0.280. The van der Waals surface area contributed by atoms with Gasteiger partial charge in [-0.15, -0.1) is 0 Å². The topological polar surface area (TPSA) is 100 Å². The van der Waals surface area contributed by atoms with Crippen molar-refractivity contribution in [3.63, 3.8) is 0 Å². The number of methoxy groups -OCH3 is 1. The maximum atomic E-state index is 13.7.